The van der Waals surface area contributed by atoms with Crippen molar-refractivity contribution in [2.75, 3.05) is 0 Å². The van der Waals surface area contributed by atoms with Crippen LogP contribution < -0.4 is 0 Å². The van der Waals surface area contributed by atoms with E-state index in [4.69, 9.17) is 0 Å². The molecule has 0 aromatic heterocycles. The average molecular weight is 350 g/mol. The Balaban J connectivity index is 2.64. The van der Waals surface area contributed by atoms with Crippen LogP contribution in [0.25, 0.3) is 11.6 Å². The molecule has 0 saturated carbocycles. The molecule has 0 aliphatic heterocycles. The highest BCUT2D eigenvalue weighted by Crippen LogP contribution is 2.38. The second-order valence-corrected chi connectivity index (χ2v) is 7.77. The summed E-state index contributed by atoms with van der Waals surface area (Å²) in [7, 11) is 2.98. The van der Waals surface area contributed by atoms with E-state index >= 15 is 0 Å². The van der Waals surface area contributed by atoms with Crippen LogP contribution in [0.4, 0.5) is 0 Å². The Morgan fingerprint density at radius 1 is 1.36 bits per heavy atom. The van der Waals surface area contributed by atoms with Gasteiger partial charge in [0.2, 0.25) is 0 Å². The number of hydrogen-bond donors (Lipinski definition) is 0. The Hall–Kier alpha value is -1.65. The van der Waals surface area contributed by atoms with Crippen molar-refractivity contribution in [3.05, 3.63) is 83.0 Å². The molecule has 25 heavy (non-hydrogen) atoms. The molecule has 1 aromatic rings. The maximum atomic E-state index is 4.15. The van der Waals surface area contributed by atoms with Crippen LogP contribution in [-0.2, 0) is 0 Å². The first-order valence-corrected chi connectivity index (χ1v) is 9.92. The normalized spacial score (nSPS) is 19.6. The molecule has 1 aliphatic rings. The van der Waals surface area contributed by atoms with Gasteiger partial charge in [0.25, 0.3) is 0 Å². The smallest absolute Gasteiger partial charge is 0.00790 e. The molecule has 0 amide bonds. The van der Waals surface area contributed by atoms with Crippen molar-refractivity contribution in [2.24, 2.45) is 5.92 Å². The first kappa shape index (κ1) is 19.7. The fraction of sp³-hybridized carbons (Fsp3) is 0.333. The average Bonchev–Trinajstić information content (AvgIpc) is 2.61. The van der Waals surface area contributed by atoms with Gasteiger partial charge in [0.05, 0.1) is 0 Å². The summed E-state index contributed by atoms with van der Waals surface area (Å²) in [5.41, 5.74) is 8.29. The lowest BCUT2D eigenvalue weighted by molar-refractivity contribution is 0.703. The molecule has 0 bridgehead atoms. The van der Waals surface area contributed by atoms with Crippen LogP contribution in [0.3, 0.4) is 0 Å². The molecule has 0 radical (unpaired) electrons. The number of hydrogen-bond acceptors (Lipinski definition) is 0. The van der Waals surface area contributed by atoms with Crippen LogP contribution in [0.5, 0.6) is 0 Å². The van der Waals surface area contributed by atoms with E-state index in [1.807, 2.05) is 0 Å². The minimum atomic E-state index is 0.473. The molecule has 132 valence electrons. The molecular formula is C24H31P. The molecule has 0 nitrogen and oxygen atoms in total. The lowest BCUT2D eigenvalue weighted by atomic mass is 9.80. The molecule has 0 fully saturated rings. The van der Waals surface area contributed by atoms with Crippen molar-refractivity contribution in [3.8, 4) is 0 Å². The van der Waals surface area contributed by atoms with Gasteiger partial charge < -0.3 is 0 Å². The Morgan fingerprint density at radius 2 is 2.08 bits per heavy atom. The van der Waals surface area contributed by atoms with E-state index in [-0.39, 0.29) is 0 Å². The molecule has 1 aromatic carbocycles. The lowest BCUT2D eigenvalue weighted by Crippen LogP contribution is -2.09. The highest BCUT2D eigenvalue weighted by molar-refractivity contribution is 7.17. The van der Waals surface area contributed by atoms with Gasteiger partial charge in [-0.3, -0.25) is 0 Å². The van der Waals surface area contributed by atoms with E-state index in [0.717, 1.165) is 18.4 Å². The van der Waals surface area contributed by atoms with Crippen LogP contribution in [0, 0.1) is 5.92 Å². The van der Waals surface area contributed by atoms with Gasteiger partial charge in [0, 0.05) is 0 Å². The third kappa shape index (κ3) is 4.93. The summed E-state index contributed by atoms with van der Waals surface area (Å²) in [5.74, 6) is 0.516. The van der Waals surface area contributed by atoms with Gasteiger partial charge in [-0.25, -0.2) is 0 Å². The maximum absolute atomic E-state index is 4.15. The molecule has 3 atom stereocenters. The van der Waals surface area contributed by atoms with E-state index in [9.17, 15) is 0 Å². The molecule has 0 spiro atoms. The SMILES string of the molecule is C=C(C)C1=CCC(C)C(/C(=C\C(P)CC)c2ccccc2/C=C\C)=C1. The van der Waals surface area contributed by atoms with E-state index in [0.29, 0.717) is 11.6 Å². The fourth-order valence-corrected chi connectivity index (χ4v) is 3.37. The predicted octanol–water partition coefficient (Wildman–Crippen LogP) is 7.23. The number of rotatable bonds is 6. The summed E-state index contributed by atoms with van der Waals surface area (Å²) in [5, 5.41) is 0. The van der Waals surface area contributed by atoms with Gasteiger partial charge in [-0.15, -0.1) is 9.24 Å². The Morgan fingerprint density at radius 3 is 2.72 bits per heavy atom. The summed E-state index contributed by atoms with van der Waals surface area (Å²) < 4.78 is 0. The van der Waals surface area contributed by atoms with Crippen LogP contribution in [0.1, 0.15) is 51.7 Å². The van der Waals surface area contributed by atoms with E-state index in [2.05, 4.69) is 98.2 Å². The van der Waals surface area contributed by atoms with Crippen molar-refractivity contribution < 1.29 is 0 Å². The highest BCUT2D eigenvalue weighted by atomic mass is 31.0. The summed E-state index contributed by atoms with van der Waals surface area (Å²) >= 11 is 0. The van der Waals surface area contributed by atoms with Crippen LogP contribution in [0.15, 0.2) is 71.9 Å². The molecule has 3 unspecified atom stereocenters. The Kier molecular flexibility index (Phi) is 7.21. The summed E-state index contributed by atoms with van der Waals surface area (Å²) in [4.78, 5) is 0. The first-order chi connectivity index (χ1) is 12.0. The molecule has 0 saturated heterocycles. The van der Waals surface area contributed by atoms with E-state index < -0.39 is 0 Å². The maximum Gasteiger partial charge on any atom is -0.00790 e. The van der Waals surface area contributed by atoms with Crippen LogP contribution in [0.2, 0.25) is 0 Å². The van der Waals surface area contributed by atoms with Crippen molar-refractivity contribution in [1.29, 1.82) is 0 Å². The third-order valence-electron chi connectivity index (χ3n) is 4.79. The Bertz CT molecular complexity index is 743. The highest BCUT2D eigenvalue weighted by Gasteiger charge is 2.20. The standard InChI is InChI=1S/C24H31P/c1-6-10-19-11-8-9-12-22(19)24(16-21(25)7-2)23-15-20(17(3)4)14-13-18(23)5/h6,8-12,14-16,18,21H,3,7,13,25H2,1-2,4-5H3/b10-6-,24-16-. The van der Waals surface area contributed by atoms with Crippen molar-refractivity contribution in [1.82, 2.24) is 0 Å². The Labute approximate surface area is 156 Å². The molecule has 1 heteroatoms. The first-order valence-electron chi connectivity index (χ1n) is 9.25. The van der Waals surface area contributed by atoms with Crippen molar-refractivity contribution in [2.45, 2.75) is 46.2 Å². The monoisotopic (exact) mass is 350 g/mol. The lowest BCUT2D eigenvalue weighted by Gasteiger charge is -2.25. The molecule has 0 N–H and O–H groups in total. The van der Waals surface area contributed by atoms with Crippen molar-refractivity contribution in [3.63, 3.8) is 0 Å². The van der Waals surface area contributed by atoms with Crippen molar-refractivity contribution >= 4 is 20.9 Å². The van der Waals surface area contributed by atoms with Gasteiger partial charge in [-0.05, 0) is 66.1 Å². The van der Waals surface area contributed by atoms with Gasteiger partial charge in [0.15, 0.2) is 0 Å². The quantitative estimate of drug-likeness (QED) is 0.475. The second-order valence-electron chi connectivity index (χ2n) is 6.92. The summed E-state index contributed by atoms with van der Waals surface area (Å²) in [6.45, 7) is 12.9. The third-order valence-corrected chi connectivity index (χ3v) is 5.45. The van der Waals surface area contributed by atoms with Crippen LogP contribution >= 0.6 is 9.24 Å². The van der Waals surface area contributed by atoms with E-state index in [1.54, 1.807) is 0 Å². The second kappa shape index (κ2) is 9.16. The topological polar surface area (TPSA) is 0 Å². The zero-order valence-corrected chi connectivity index (χ0v) is 17.2. The molecular weight excluding hydrogens is 319 g/mol. The largest absolute Gasteiger partial charge is 0.130 e. The molecule has 1 aliphatic carbocycles. The van der Waals surface area contributed by atoms with Gasteiger partial charge in [-0.2, -0.15) is 0 Å². The zero-order valence-electron chi connectivity index (χ0n) is 16.0. The van der Waals surface area contributed by atoms with E-state index in [1.165, 1.54) is 27.8 Å². The minimum absolute atomic E-state index is 0.473. The summed E-state index contributed by atoms with van der Waals surface area (Å²) in [6.07, 6.45) is 13.6. The predicted molar refractivity (Wildman–Crippen MR) is 118 cm³/mol. The molecule has 2 rings (SSSR count). The summed E-state index contributed by atoms with van der Waals surface area (Å²) in [6, 6.07) is 8.72. The number of benzene rings is 1. The number of allylic oxidation sites excluding steroid dienone is 8. The molecule has 0 heterocycles. The minimum Gasteiger partial charge on any atom is -0.130 e. The van der Waals surface area contributed by atoms with Gasteiger partial charge in [0.1, 0.15) is 0 Å². The fourth-order valence-electron chi connectivity index (χ4n) is 3.18. The zero-order chi connectivity index (χ0) is 18.4. The van der Waals surface area contributed by atoms with Gasteiger partial charge in [-0.1, -0.05) is 80.6 Å². The van der Waals surface area contributed by atoms with Crippen LogP contribution in [-0.4, -0.2) is 5.66 Å². The van der Waals surface area contributed by atoms with Gasteiger partial charge >= 0.3 is 0 Å².